The van der Waals surface area contributed by atoms with E-state index in [4.69, 9.17) is 18.9 Å². The fourth-order valence-electron chi connectivity index (χ4n) is 1.70. The Hall–Kier alpha value is -1.14. The minimum absolute atomic E-state index is 0.129. The second-order valence-corrected chi connectivity index (χ2v) is 5.77. The highest BCUT2D eigenvalue weighted by Crippen LogP contribution is 2.03. The Morgan fingerprint density at radius 2 is 1.22 bits per heavy atom. The predicted molar refractivity (Wildman–Crippen MR) is 87.2 cm³/mol. The molecule has 0 saturated carbocycles. The molecule has 0 aliphatic heterocycles. The molecule has 3 atom stereocenters. The Kier molecular flexibility index (Phi) is 12.7. The van der Waals surface area contributed by atoms with Crippen LogP contribution in [-0.2, 0) is 28.5 Å². The van der Waals surface area contributed by atoms with Gasteiger partial charge in [0.2, 0.25) is 0 Å². The van der Waals surface area contributed by atoms with Crippen molar-refractivity contribution in [3.8, 4) is 0 Å². The van der Waals surface area contributed by atoms with Crippen LogP contribution < -0.4 is 0 Å². The maximum atomic E-state index is 11.3. The molecular weight excluding hydrogens is 300 g/mol. The molecule has 0 fully saturated rings. The standard InChI is InChI=1S/C17H32O6/c1-6-8-16(18)22-11-14(4)20-10-13(3)21-12-15(5)23-17(19)9-7-2/h13-15H,6-12H2,1-5H3. The number of hydrogen-bond acceptors (Lipinski definition) is 6. The molecule has 0 heterocycles. The third-order valence-electron chi connectivity index (χ3n) is 2.95. The smallest absolute Gasteiger partial charge is 0.306 e. The molecule has 0 spiro atoms. The molecule has 0 rings (SSSR count). The fourth-order valence-corrected chi connectivity index (χ4v) is 1.70. The summed E-state index contributed by atoms with van der Waals surface area (Å²) in [7, 11) is 0. The van der Waals surface area contributed by atoms with Crippen molar-refractivity contribution in [1.29, 1.82) is 0 Å². The average Bonchev–Trinajstić information content (AvgIpc) is 2.49. The van der Waals surface area contributed by atoms with E-state index >= 15 is 0 Å². The van der Waals surface area contributed by atoms with E-state index in [1.807, 2.05) is 27.7 Å². The molecule has 136 valence electrons. The van der Waals surface area contributed by atoms with E-state index in [1.165, 1.54) is 0 Å². The molecule has 3 unspecified atom stereocenters. The molecule has 0 aromatic carbocycles. The lowest BCUT2D eigenvalue weighted by atomic mass is 10.3. The van der Waals surface area contributed by atoms with Crippen molar-refractivity contribution in [2.75, 3.05) is 19.8 Å². The topological polar surface area (TPSA) is 71.1 Å². The first-order valence-corrected chi connectivity index (χ1v) is 8.47. The zero-order valence-electron chi connectivity index (χ0n) is 15.1. The van der Waals surface area contributed by atoms with Crippen molar-refractivity contribution in [3.05, 3.63) is 0 Å². The number of hydrogen-bond donors (Lipinski definition) is 0. The summed E-state index contributed by atoms with van der Waals surface area (Å²) in [6.45, 7) is 10.4. The minimum atomic E-state index is -0.274. The van der Waals surface area contributed by atoms with Crippen LogP contribution in [0.1, 0.15) is 60.3 Å². The third-order valence-corrected chi connectivity index (χ3v) is 2.95. The molecule has 0 aliphatic carbocycles. The molecule has 23 heavy (non-hydrogen) atoms. The summed E-state index contributed by atoms with van der Waals surface area (Å²) in [5.74, 6) is -0.398. The van der Waals surface area contributed by atoms with Gasteiger partial charge in [0.25, 0.3) is 0 Å². The summed E-state index contributed by atoms with van der Waals surface area (Å²) >= 11 is 0. The van der Waals surface area contributed by atoms with Crippen LogP contribution in [0.5, 0.6) is 0 Å². The second-order valence-electron chi connectivity index (χ2n) is 5.77. The highest BCUT2D eigenvalue weighted by atomic mass is 16.6. The summed E-state index contributed by atoms with van der Waals surface area (Å²) in [4.78, 5) is 22.6. The lowest BCUT2D eigenvalue weighted by Gasteiger charge is -2.20. The first-order chi connectivity index (χ1) is 10.9. The van der Waals surface area contributed by atoms with Crippen LogP contribution in [0.15, 0.2) is 0 Å². The molecule has 0 aromatic rings. The van der Waals surface area contributed by atoms with Gasteiger partial charge in [-0.3, -0.25) is 9.59 Å². The van der Waals surface area contributed by atoms with E-state index in [1.54, 1.807) is 6.92 Å². The van der Waals surface area contributed by atoms with Crippen LogP contribution in [0.3, 0.4) is 0 Å². The highest BCUT2D eigenvalue weighted by molar-refractivity contribution is 5.69. The van der Waals surface area contributed by atoms with Crippen molar-refractivity contribution >= 4 is 11.9 Å². The summed E-state index contributed by atoms with van der Waals surface area (Å²) in [5.41, 5.74) is 0. The lowest BCUT2D eigenvalue weighted by molar-refractivity contribution is -0.154. The third kappa shape index (κ3) is 13.0. The van der Waals surface area contributed by atoms with E-state index < -0.39 is 0 Å². The van der Waals surface area contributed by atoms with Crippen LogP contribution in [0.2, 0.25) is 0 Å². The lowest BCUT2D eigenvalue weighted by Crippen LogP contribution is -2.28. The molecule has 0 aromatic heterocycles. The minimum Gasteiger partial charge on any atom is -0.463 e. The first-order valence-electron chi connectivity index (χ1n) is 8.47. The largest absolute Gasteiger partial charge is 0.463 e. The summed E-state index contributed by atoms with van der Waals surface area (Å²) < 4.78 is 21.4. The van der Waals surface area contributed by atoms with Crippen molar-refractivity contribution in [3.63, 3.8) is 0 Å². The van der Waals surface area contributed by atoms with Crippen molar-refractivity contribution in [2.24, 2.45) is 0 Å². The average molecular weight is 332 g/mol. The van der Waals surface area contributed by atoms with Crippen LogP contribution in [0, 0.1) is 0 Å². The number of ether oxygens (including phenoxy) is 4. The Balaban J connectivity index is 3.74. The van der Waals surface area contributed by atoms with Gasteiger partial charge in [-0.2, -0.15) is 0 Å². The molecule has 0 aliphatic rings. The normalized spacial score (nSPS) is 14.8. The van der Waals surface area contributed by atoms with Gasteiger partial charge < -0.3 is 18.9 Å². The SMILES string of the molecule is CCCC(=O)OCC(C)OCC(C)OCC(C)OC(=O)CCC. The Morgan fingerprint density at radius 3 is 1.78 bits per heavy atom. The number of carbonyl (C=O) groups is 2. The monoisotopic (exact) mass is 332 g/mol. The maximum Gasteiger partial charge on any atom is 0.306 e. The van der Waals surface area contributed by atoms with E-state index in [2.05, 4.69) is 0 Å². The Morgan fingerprint density at radius 1 is 0.739 bits per heavy atom. The van der Waals surface area contributed by atoms with Gasteiger partial charge in [-0.05, 0) is 33.6 Å². The number of carbonyl (C=O) groups excluding carboxylic acids is 2. The molecular formula is C17H32O6. The second kappa shape index (κ2) is 13.3. The molecule has 0 radical (unpaired) electrons. The highest BCUT2D eigenvalue weighted by Gasteiger charge is 2.13. The van der Waals surface area contributed by atoms with Gasteiger partial charge in [-0.15, -0.1) is 0 Å². The van der Waals surface area contributed by atoms with Gasteiger partial charge in [0.1, 0.15) is 12.7 Å². The molecule has 0 amide bonds. The van der Waals surface area contributed by atoms with Gasteiger partial charge in [0.15, 0.2) is 0 Å². The van der Waals surface area contributed by atoms with Gasteiger partial charge in [0, 0.05) is 12.8 Å². The van der Waals surface area contributed by atoms with Gasteiger partial charge in [-0.1, -0.05) is 13.8 Å². The zero-order valence-corrected chi connectivity index (χ0v) is 15.1. The maximum absolute atomic E-state index is 11.3. The zero-order chi connectivity index (χ0) is 17.7. The summed E-state index contributed by atoms with van der Waals surface area (Å²) in [6.07, 6.45) is 1.83. The quantitative estimate of drug-likeness (QED) is 0.483. The van der Waals surface area contributed by atoms with Gasteiger partial charge >= 0.3 is 11.9 Å². The van der Waals surface area contributed by atoms with Crippen LogP contribution in [0.4, 0.5) is 0 Å². The van der Waals surface area contributed by atoms with Crippen LogP contribution in [-0.4, -0.2) is 50.1 Å². The number of esters is 2. The van der Waals surface area contributed by atoms with Crippen molar-refractivity contribution in [2.45, 2.75) is 78.6 Å². The molecule has 6 nitrogen and oxygen atoms in total. The van der Waals surface area contributed by atoms with Gasteiger partial charge in [-0.25, -0.2) is 0 Å². The van der Waals surface area contributed by atoms with Gasteiger partial charge in [0.05, 0.1) is 25.4 Å². The summed E-state index contributed by atoms with van der Waals surface area (Å²) in [5, 5.41) is 0. The van der Waals surface area contributed by atoms with E-state index in [9.17, 15) is 9.59 Å². The summed E-state index contributed by atoms with van der Waals surface area (Å²) in [6, 6.07) is 0. The molecule has 6 heteroatoms. The first kappa shape index (κ1) is 21.9. The number of rotatable bonds is 13. The molecule has 0 N–H and O–H groups in total. The van der Waals surface area contributed by atoms with E-state index in [-0.39, 0.29) is 36.9 Å². The Labute approximate surface area is 139 Å². The Bertz CT molecular complexity index is 331. The molecule has 0 saturated heterocycles. The van der Waals surface area contributed by atoms with Crippen molar-refractivity contribution in [1.82, 2.24) is 0 Å². The van der Waals surface area contributed by atoms with Crippen LogP contribution >= 0.6 is 0 Å². The fraction of sp³-hybridized carbons (Fsp3) is 0.882. The van der Waals surface area contributed by atoms with Crippen molar-refractivity contribution < 1.29 is 28.5 Å². The van der Waals surface area contributed by atoms with Crippen LogP contribution in [0.25, 0.3) is 0 Å². The predicted octanol–water partition coefficient (Wildman–Crippen LogP) is 2.87. The van der Waals surface area contributed by atoms with E-state index in [0.29, 0.717) is 26.1 Å². The molecule has 0 bridgehead atoms. The van der Waals surface area contributed by atoms with E-state index in [0.717, 1.165) is 12.8 Å².